The zero-order valence-corrected chi connectivity index (χ0v) is 12.4. The Morgan fingerprint density at radius 2 is 2.25 bits per heavy atom. The average Bonchev–Trinajstić information content (AvgIpc) is 2.96. The molecule has 0 radical (unpaired) electrons. The van der Waals surface area contributed by atoms with Gasteiger partial charge >= 0.3 is 0 Å². The lowest BCUT2D eigenvalue weighted by Gasteiger charge is -2.13. The van der Waals surface area contributed by atoms with Gasteiger partial charge in [-0.1, -0.05) is 12.1 Å². The third-order valence-electron chi connectivity index (χ3n) is 3.35. The Kier molecular flexibility index (Phi) is 5.86. The molecule has 0 aliphatic carbocycles. The lowest BCUT2D eigenvalue weighted by atomic mass is 10.2. The standard InChI is InChI=1S/C15H20FNO2S/c1-11(12-4-6-13(16)7-5-12)20-10-15(18)17-9-14-3-2-8-19-14/h4-7,11,14H,2-3,8-10H2,1H3,(H,17,18). The molecular formula is C15H20FNO2S. The van der Waals surface area contributed by atoms with Crippen molar-refractivity contribution in [3.63, 3.8) is 0 Å². The van der Waals surface area contributed by atoms with Crippen molar-refractivity contribution < 1.29 is 13.9 Å². The summed E-state index contributed by atoms with van der Waals surface area (Å²) in [6, 6.07) is 6.42. The highest BCUT2D eigenvalue weighted by Gasteiger charge is 2.16. The van der Waals surface area contributed by atoms with Gasteiger partial charge < -0.3 is 10.1 Å². The topological polar surface area (TPSA) is 38.3 Å². The van der Waals surface area contributed by atoms with Gasteiger partial charge in [-0.25, -0.2) is 4.39 Å². The molecule has 0 saturated carbocycles. The number of rotatable bonds is 6. The number of carbonyl (C=O) groups is 1. The van der Waals surface area contributed by atoms with E-state index in [4.69, 9.17) is 4.74 Å². The van der Waals surface area contributed by atoms with Crippen molar-refractivity contribution in [3.8, 4) is 0 Å². The van der Waals surface area contributed by atoms with Gasteiger partial charge in [-0.15, -0.1) is 11.8 Å². The van der Waals surface area contributed by atoms with E-state index >= 15 is 0 Å². The minimum atomic E-state index is -0.236. The van der Waals surface area contributed by atoms with E-state index in [0.29, 0.717) is 12.3 Å². The first-order valence-corrected chi connectivity index (χ1v) is 7.95. The highest BCUT2D eigenvalue weighted by atomic mass is 32.2. The van der Waals surface area contributed by atoms with Crippen molar-refractivity contribution in [1.29, 1.82) is 0 Å². The van der Waals surface area contributed by atoms with Crippen molar-refractivity contribution in [2.75, 3.05) is 18.9 Å². The van der Waals surface area contributed by atoms with Crippen LogP contribution in [0, 0.1) is 5.82 Å². The van der Waals surface area contributed by atoms with Crippen LogP contribution in [0.1, 0.15) is 30.6 Å². The van der Waals surface area contributed by atoms with Gasteiger partial charge in [0.1, 0.15) is 5.82 Å². The number of amides is 1. The van der Waals surface area contributed by atoms with Gasteiger partial charge in [0.2, 0.25) is 5.91 Å². The fourth-order valence-electron chi connectivity index (χ4n) is 2.11. The van der Waals surface area contributed by atoms with Gasteiger partial charge in [0.15, 0.2) is 0 Å². The second-order valence-corrected chi connectivity index (χ2v) is 6.27. The first kappa shape index (κ1) is 15.3. The molecule has 1 saturated heterocycles. The summed E-state index contributed by atoms with van der Waals surface area (Å²) in [5, 5.41) is 3.07. The quantitative estimate of drug-likeness (QED) is 0.877. The third kappa shape index (κ3) is 4.80. The fourth-order valence-corrected chi connectivity index (χ4v) is 2.97. The Bertz CT molecular complexity index is 432. The van der Waals surface area contributed by atoms with E-state index in [2.05, 4.69) is 5.32 Å². The predicted molar refractivity (Wildman–Crippen MR) is 79.3 cm³/mol. The molecule has 2 unspecified atom stereocenters. The van der Waals surface area contributed by atoms with E-state index in [0.717, 1.165) is 25.0 Å². The summed E-state index contributed by atoms with van der Waals surface area (Å²) >= 11 is 1.55. The van der Waals surface area contributed by atoms with E-state index in [1.165, 1.54) is 12.1 Å². The molecular weight excluding hydrogens is 277 g/mol. The highest BCUT2D eigenvalue weighted by molar-refractivity contribution is 8.00. The van der Waals surface area contributed by atoms with Crippen LogP contribution < -0.4 is 5.32 Å². The van der Waals surface area contributed by atoms with Gasteiger partial charge in [-0.3, -0.25) is 4.79 Å². The Morgan fingerprint density at radius 1 is 1.50 bits per heavy atom. The predicted octanol–water partition coefficient (Wildman–Crippen LogP) is 2.92. The number of hydrogen-bond acceptors (Lipinski definition) is 3. The van der Waals surface area contributed by atoms with Crippen LogP contribution in [0.5, 0.6) is 0 Å². The van der Waals surface area contributed by atoms with Crippen molar-refractivity contribution in [2.24, 2.45) is 0 Å². The second kappa shape index (κ2) is 7.64. The van der Waals surface area contributed by atoms with Crippen LogP contribution in [0.2, 0.25) is 0 Å². The van der Waals surface area contributed by atoms with E-state index in [1.807, 2.05) is 6.92 Å². The number of thioether (sulfide) groups is 1. The summed E-state index contributed by atoms with van der Waals surface area (Å²) in [6.07, 6.45) is 2.29. The normalized spacial score (nSPS) is 19.8. The van der Waals surface area contributed by atoms with E-state index in [9.17, 15) is 9.18 Å². The van der Waals surface area contributed by atoms with Crippen LogP contribution in [0.3, 0.4) is 0 Å². The van der Waals surface area contributed by atoms with Crippen LogP contribution in [-0.2, 0) is 9.53 Å². The summed E-state index contributed by atoms with van der Waals surface area (Å²) in [6.45, 7) is 3.42. The Hall–Kier alpha value is -1.07. The molecule has 1 aliphatic rings. The fraction of sp³-hybridized carbons (Fsp3) is 0.533. The zero-order chi connectivity index (χ0) is 14.4. The Morgan fingerprint density at radius 3 is 2.90 bits per heavy atom. The largest absolute Gasteiger partial charge is 0.376 e. The zero-order valence-electron chi connectivity index (χ0n) is 11.6. The van der Waals surface area contributed by atoms with Gasteiger partial charge in [0.05, 0.1) is 11.9 Å². The number of halogens is 1. The molecule has 2 rings (SSSR count). The lowest BCUT2D eigenvalue weighted by Crippen LogP contribution is -2.33. The van der Waals surface area contributed by atoms with Crippen LogP contribution in [0.15, 0.2) is 24.3 Å². The second-order valence-electron chi connectivity index (χ2n) is 4.94. The van der Waals surface area contributed by atoms with E-state index < -0.39 is 0 Å². The number of ether oxygens (including phenoxy) is 1. The summed E-state index contributed by atoms with van der Waals surface area (Å²) in [5.41, 5.74) is 1.03. The molecule has 20 heavy (non-hydrogen) atoms. The number of hydrogen-bond donors (Lipinski definition) is 1. The van der Waals surface area contributed by atoms with Crippen LogP contribution in [0.25, 0.3) is 0 Å². The molecule has 0 spiro atoms. The van der Waals surface area contributed by atoms with E-state index in [-0.39, 0.29) is 23.1 Å². The van der Waals surface area contributed by atoms with E-state index in [1.54, 1.807) is 23.9 Å². The Balaban J connectivity index is 1.68. The first-order valence-electron chi connectivity index (χ1n) is 6.90. The molecule has 1 heterocycles. The van der Waals surface area contributed by atoms with Gasteiger partial charge in [0, 0.05) is 18.4 Å². The van der Waals surface area contributed by atoms with Gasteiger partial charge in [-0.05, 0) is 37.5 Å². The molecule has 1 fully saturated rings. The molecule has 2 atom stereocenters. The smallest absolute Gasteiger partial charge is 0.230 e. The monoisotopic (exact) mass is 297 g/mol. The molecule has 0 aromatic heterocycles. The average molecular weight is 297 g/mol. The van der Waals surface area contributed by atoms with Gasteiger partial charge in [-0.2, -0.15) is 0 Å². The van der Waals surface area contributed by atoms with Crippen molar-refractivity contribution >= 4 is 17.7 Å². The molecule has 5 heteroatoms. The highest BCUT2D eigenvalue weighted by Crippen LogP contribution is 2.27. The molecule has 3 nitrogen and oxygen atoms in total. The van der Waals surface area contributed by atoms with Crippen LogP contribution in [0.4, 0.5) is 4.39 Å². The molecule has 110 valence electrons. The maximum Gasteiger partial charge on any atom is 0.230 e. The summed E-state index contributed by atoms with van der Waals surface area (Å²) in [4.78, 5) is 11.7. The van der Waals surface area contributed by atoms with Crippen molar-refractivity contribution in [2.45, 2.75) is 31.1 Å². The van der Waals surface area contributed by atoms with Gasteiger partial charge in [0.25, 0.3) is 0 Å². The number of nitrogens with one attached hydrogen (secondary N) is 1. The summed E-state index contributed by atoms with van der Waals surface area (Å²) < 4.78 is 18.3. The van der Waals surface area contributed by atoms with Crippen LogP contribution >= 0.6 is 11.8 Å². The number of benzene rings is 1. The lowest BCUT2D eigenvalue weighted by molar-refractivity contribution is -0.119. The maximum atomic E-state index is 12.8. The van der Waals surface area contributed by atoms with Crippen molar-refractivity contribution in [3.05, 3.63) is 35.6 Å². The third-order valence-corrected chi connectivity index (χ3v) is 4.56. The molecule has 1 aliphatic heterocycles. The first-order chi connectivity index (χ1) is 9.65. The maximum absolute atomic E-state index is 12.8. The molecule has 0 bridgehead atoms. The Labute approximate surface area is 123 Å². The molecule has 1 aromatic rings. The summed E-state index contributed by atoms with van der Waals surface area (Å²) in [7, 11) is 0. The molecule has 1 aromatic carbocycles. The summed E-state index contributed by atoms with van der Waals surface area (Å²) in [5.74, 6) is 0.199. The number of carbonyl (C=O) groups excluding carboxylic acids is 1. The molecule has 1 N–H and O–H groups in total. The SMILES string of the molecule is CC(SCC(=O)NCC1CCCO1)c1ccc(F)cc1. The molecule has 1 amide bonds. The van der Waals surface area contributed by atoms with Crippen molar-refractivity contribution in [1.82, 2.24) is 5.32 Å². The van der Waals surface area contributed by atoms with Crippen LogP contribution in [-0.4, -0.2) is 30.9 Å². The minimum absolute atomic E-state index is 0.0273. The minimum Gasteiger partial charge on any atom is -0.376 e.